The number of benzene rings is 2. The second-order valence-electron chi connectivity index (χ2n) is 4.65. The summed E-state index contributed by atoms with van der Waals surface area (Å²) in [7, 11) is 3.09. The van der Waals surface area contributed by atoms with Crippen LogP contribution in [0.4, 0.5) is 0 Å². The molecule has 1 heterocycles. The molecule has 2 aromatic rings. The molecule has 1 aliphatic heterocycles. The van der Waals surface area contributed by atoms with Gasteiger partial charge >= 0.3 is 0 Å². The number of hydrogen-bond acceptors (Lipinski definition) is 4. The first kappa shape index (κ1) is 14.9. The minimum Gasteiger partial charge on any atom is -0.496 e. The first-order chi connectivity index (χ1) is 10.7. The van der Waals surface area contributed by atoms with Gasteiger partial charge in [-0.15, -0.1) is 0 Å². The van der Waals surface area contributed by atoms with Gasteiger partial charge in [0.05, 0.1) is 17.8 Å². The highest BCUT2D eigenvalue weighted by Crippen LogP contribution is 2.45. The van der Waals surface area contributed by atoms with Gasteiger partial charge in [0.2, 0.25) is 5.78 Å². The Labute approximate surface area is 141 Å². The first-order valence-corrected chi connectivity index (χ1v) is 7.67. The van der Waals surface area contributed by atoms with Crippen LogP contribution in [0.2, 0.25) is 0 Å². The van der Waals surface area contributed by atoms with E-state index in [4.69, 9.17) is 14.2 Å². The molecule has 112 valence electrons. The van der Waals surface area contributed by atoms with Gasteiger partial charge in [-0.2, -0.15) is 0 Å². The van der Waals surface area contributed by atoms with Gasteiger partial charge < -0.3 is 14.2 Å². The molecule has 2 aromatic carbocycles. The molecule has 22 heavy (non-hydrogen) atoms. The van der Waals surface area contributed by atoms with Crippen molar-refractivity contribution in [3.05, 3.63) is 56.9 Å². The quantitative estimate of drug-likeness (QED) is 0.571. The number of fused-ring (bicyclic) bond motifs is 1. The first-order valence-electron chi connectivity index (χ1n) is 6.59. The average molecular weight is 408 g/mol. The van der Waals surface area contributed by atoms with E-state index in [2.05, 4.69) is 22.6 Å². The summed E-state index contributed by atoms with van der Waals surface area (Å²) in [6.45, 7) is 0. The smallest absolute Gasteiger partial charge is 0.235 e. The van der Waals surface area contributed by atoms with Crippen LogP contribution < -0.4 is 14.2 Å². The third kappa shape index (κ3) is 2.45. The molecule has 4 nitrogen and oxygen atoms in total. The highest BCUT2D eigenvalue weighted by Gasteiger charge is 2.34. The molecule has 3 rings (SSSR count). The SMILES string of the molecule is COc1cc(OC)c2c(c1I)O/C(=C\c1ccccc1)C2=O. The summed E-state index contributed by atoms with van der Waals surface area (Å²) < 4.78 is 17.1. The van der Waals surface area contributed by atoms with Crippen molar-refractivity contribution in [3.8, 4) is 17.2 Å². The van der Waals surface area contributed by atoms with Gasteiger partial charge in [0.1, 0.15) is 17.1 Å². The number of hydrogen-bond donors (Lipinski definition) is 0. The summed E-state index contributed by atoms with van der Waals surface area (Å²) >= 11 is 2.11. The molecule has 0 amide bonds. The Kier molecular flexibility index (Phi) is 4.06. The van der Waals surface area contributed by atoms with E-state index >= 15 is 0 Å². The molecule has 0 radical (unpaired) electrons. The zero-order chi connectivity index (χ0) is 15.7. The number of carbonyl (C=O) groups is 1. The van der Waals surface area contributed by atoms with Gasteiger partial charge in [0.25, 0.3) is 0 Å². The van der Waals surface area contributed by atoms with Crippen LogP contribution in [-0.4, -0.2) is 20.0 Å². The zero-order valence-electron chi connectivity index (χ0n) is 12.1. The van der Waals surface area contributed by atoms with Crippen molar-refractivity contribution < 1.29 is 19.0 Å². The van der Waals surface area contributed by atoms with Crippen molar-refractivity contribution in [1.82, 2.24) is 0 Å². The maximum Gasteiger partial charge on any atom is 0.235 e. The van der Waals surface area contributed by atoms with E-state index in [9.17, 15) is 4.79 Å². The minimum absolute atomic E-state index is 0.184. The van der Waals surface area contributed by atoms with Crippen LogP contribution in [0.15, 0.2) is 42.2 Å². The molecule has 0 unspecified atom stereocenters. The molecule has 0 atom stereocenters. The number of halogens is 1. The molecule has 1 aliphatic rings. The Morgan fingerprint density at radius 2 is 1.77 bits per heavy atom. The van der Waals surface area contributed by atoms with E-state index < -0.39 is 0 Å². The Morgan fingerprint density at radius 1 is 1.09 bits per heavy atom. The number of Topliss-reactive ketones (excluding diaryl/α,β-unsaturated/α-hetero) is 1. The van der Waals surface area contributed by atoms with Gasteiger partial charge in [-0.05, 0) is 34.2 Å². The molecule has 0 fully saturated rings. The van der Waals surface area contributed by atoms with Gasteiger partial charge in [0, 0.05) is 6.07 Å². The molecule has 0 saturated heterocycles. The third-order valence-corrected chi connectivity index (χ3v) is 4.37. The zero-order valence-corrected chi connectivity index (χ0v) is 14.2. The van der Waals surface area contributed by atoms with E-state index in [0.29, 0.717) is 22.8 Å². The van der Waals surface area contributed by atoms with Crippen LogP contribution in [0.3, 0.4) is 0 Å². The molecule has 0 spiro atoms. The monoisotopic (exact) mass is 408 g/mol. The third-order valence-electron chi connectivity index (χ3n) is 3.35. The van der Waals surface area contributed by atoms with E-state index in [0.717, 1.165) is 9.13 Å². The molecule has 0 bridgehead atoms. The number of carbonyl (C=O) groups excluding carboxylic acids is 1. The second-order valence-corrected chi connectivity index (χ2v) is 5.73. The van der Waals surface area contributed by atoms with Crippen LogP contribution >= 0.6 is 22.6 Å². The summed E-state index contributed by atoms with van der Waals surface area (Å²) in [5, 5.41) is 0. The lowest BCUT2D eigenvalue weighted by atomic mass is 10.1. The average Bonchev–Trinajstić information content (AvgIpc) is 2.87. The number of ketones is 1. The Hall–Kier alpha value is -2.02. The second kappa shape index (κ2) is 6.00. The predicted octanol–water partition coefficient (Wildman–Crippen LogP) is 3.92. The van der Waals surface area contributed by atoms with Crippen molar-refractivity contribution in [1.29, 1.82) is 0 Å². The largest absolute Gasteiger partial charge is 0.496 e. The fourth-order valence-corrected chi connectivity index (χ4v) is 3.04. The molecule has 5 heteroatoms. The summed E-state index contributed by atoms with van der Waals surface area (Å²) in [6, 6.07) is 11.3. The maximum atomic E-state index is 12.6. The van der Waals surface area contributed by atoms with Gasteiger partial charge in [-0.1, -0.05) is 30.3 Å². The van der Waals surface area contributed by atoms with Crippen molar-refractivity contribution in [2.75, 3.05) is 14.2 Å². The standard InChI is InChI=1S/C17H13IO4/c1-20-11-9-12(21-2)15(18)17-14(11)16(19)13(22-17)8-10-6-4-3-5-7-10/h3-9H,1-2H3/b13-8-. The normalized spacial score (nSPS) is 14.7. The highest BCUT2D eigenvalue weighted by molar-refractivity contribution is 14.1. The maximum absolute atomic E-state index is 12.6. The Bertz CT molecular complexity index is 766. The Morgan fingerprint density at radius 3 is 2.41 bits per heavy atom. The van der Waals surface area contributed by atoms with Crippen LogP contribution in [0.1, 0.15) is 15.9 Å². The number of allylic oxidation sites excluding steroid dienone is 1. The molecule has 0 aliphatic carbocycles. The molecule has 0 saturated carbocycles. The summed E-state index contributed by atoms with van der Waals surface area (Å²) in [5.41, 5.74) is 1.34. The fourth-order valence-electron chi connectivity index (χ4n) is 2.28. The lowest BCUT2D eigenvalue weighted by Gasteiger charge is -2.10. The number of methoxy groups -OCH3 is 2. The number of ether oxygens (including phenoxy) is 3. The van der Waals surface area contributed by atoms with Crippen molar-refractivity contribution in [2.24, 2.45) is 0 Å². The molecule has 0 aromatic heterocycles. The summed E-state index contributed by atoms with van der Waals surface area (Å²) in [4.78, 5) is 12.6. The molecule has 0 N–H and O–H groups in total. The molecular weight excluding hydrogens is 395 g/mol. The minimum atomic E-state index is -0.184. The van der Waals surface area contributed by atoms with Gasteiger partial charge in [-0.25, -0.2) is 0 Å². The predicted molar refractivity (Wildman–Crippen MR) is 91.6 cm³/mol. The van der Waals surface area contributed by atoms with Crippen LogP contribution in [0, 0.1) is 3.57 Å². The van der Waals surface area contributed by atoms with Crippen molar-refractivity contribution in [3.63, 3.8) is 0 Å². The van der Waals surface area contributed by atoms with Gasteiger partial charge in [0.15, 0.2) is 11.5 Å². The van der Waals surface area contributed by atoms with Crippen molar-refractivity contribution >= 4 is 34.5 Å². The summed E-state index contributed by atoms with van der Waals surface area (Å²) in [6.07, 6.45) is 1.73. The van der Waals surface area contributed by atoms with E-state index in [-0.39, 0.29) is 11.5 Å². The lowest BCUT2D eigenvalue weighted by molar-refractivity contribution is 0.101. The van der Waals surface area contributed by atoms with E-state index in [1.54, 1.807) is 19.3 Å². The van der Waals surface area contributed by atoms with Crippen molar-refractivity contribution in [2.45, 2.75) is 0 Å². The highest BCUT2D eigenvalue weighted by atomic mass is 127. The van der Waals surface area contributed by atoms with Crippen LogP contribution in [-0.2, 0) is 0 Å². The van der Waals surface area contributed by atoms with Gasteiger partial charge in [-0.3, -0.25) is 4.79 Å². The topological polar surface area (TPSA) is 44.8 Å². The Balaban J connectivity index is 2.11. The van der Waals surface area contributed by atoms with E-state index in [1.807, 2.05) is 30.3 Å². The lowest BCUT2D eigenvalue weighted by Crippen LogP contribution is -2.00. The van der Waals surface area contributed by atoms with Crippen LogP contribution in [0.25, 0.3) is 6.08 Å². The fraction of sp³-hybridized carbons (Fsp3) is 0.118. The molecular formula is C17H13IO4. The summed E-state index contributed by atoms with van der Waals surface area (Å²) in [5.74, 6) is 1.66. The van der Waals surface area contributed by atoms with E-state index in [1.165, 1.54) is 7.11 Å². The number of rotatable bonds is 3. The van der Waals surface area contributed by atoms with Crippen LogP contribution in [0.5, 0.6) is 17.2 Å².